The van der Waals surface area contributed by atoms with Gasteiger partial charge in [-0.15, -0.1) is 0 Å². The summed E-state index contributed by atoms with van der Waals surface area (Å²) in [4.78, 5) is 19.8. The summed E-state index contributed by atoms with van der Waals surface area (Å²) in [7, 11) is 0. The molecule has 0 unspecified atom stereocenters. The van der Waals surface area contributed by atoms with Gasteiger partial charge in [-0.2, -0.15) is 0 Å². The fraction of sp³-hybridized carbons (Fsp3) is 0.0435. The average molecular weight is 481 g/mol. The Hall–Kier alpha value is -2.28. The maximum Gasteiger partial charge on any atom is 0.264 e. The van der Waals surface area contributed by atoms with Gasteiger partial charge in [-0.05, 0) is 78.9 Å². The Balaban J connectivity index is 1.45. The zero-order chi connectivity index (χ0) is 20.2. The summed E-state index contributed by atoms with van der Waals surface area (Å²) < 4.78 is 0.995. The van der Waals surface area contributed by atoms with Crippen LogP contribution in [0.25, 0.3) is 6.08 Å². The minimum atomic E-state index is -0.121. The summed E-state index contributed by atoms with van der Waals surface area (Å²) in [6.07, 6.45) is 1.89. The zero-order valence-electron chi connectivity index (χ0n) is 15.6. The van der Waals surface area contributed by atoms with Gasteiger partial charge < -0.3 is 5.32 Å². The van der Waals surface area contributed by atoms with Gasteiger partial charge in [-0.25, -0.2) is 4.99 Å². The number of carbonyl (C=O) groups is 1. The summed E-state index contributed by atoms with van der Waals surface area (Å²) in [6.45, 7) is 2.09. The number of hydrogen-bond donors (Lipinski definition) is 1. The third-order valence-corrected chi connectivity index (χ3v) is 6.60. The van der Waals surface area contributed by atoms with E-state index in [1.54, 1.807) is 11.8 Å². The van der Waals surface area contributed by atoms with Gasteiger partial charge in [0, 0.05) is 14.3 Å². The van der Waals surface area contributed by atoms with Gasteiger partial charge in [-0.3, -0.25) is 4.79 Å². The lowest BCUT2D eigenvalue weighted by Gasteiger charge is -2.03. The average Bonchev–Trinajstić information content (AvgIpc) is 3.06. The van der Waals surface area contributed by atoms with E-state index >= 15 is 0 Å². The van der Waals surface area contributed by atoms with Gasteiger partial charge in [0.25, 0.3) is 5.91 Å². The van der Waals surface area contributed by atoms with Crippen molar-refractivity contribution < 1.29 is 4.79 Å². The third-order valence-electron chi connectivity index (χ3n) is 4.14. The molecule has 0 aromatic heterocycles. The zero-order valence-corrected chi connectivity index (χ0v) is 18.8. The smallest absolute Gasteiger partial charge is 0.264 e. The summed E-state index contributed by atoms with van der Waals surface area (Å²) in [5.41, 5.74) is 3.04. The number of nitrogens with one attached hydrogen (secondary N) is 1. The van der Waals surface area contributed by atoms with E-state index in [1.807, 2.05) is 42.5 Å². The molecule has 1 amide bonds. The number of halogens is 1. The molecule has 1 aliphatic rings. The number of carbonyl (C=O) groups excluding carboxylic acids is 1. The SMILES string of the molecule is Cc1ccc(Sc2ccc(/C=C3\SC(=Nc4ccc(Br)cc4)NC3=O)cc2)cc1. The maximum absolute atomic E-state index is 12.3. The highest BCUT2D eigenvalue weighted by molar-refractivity contribution is 9.10. The molecule has 0 atom stereocenters. The second-order valence-corrected chi connectivity index (χ2v) is 9.54. The van der Waals surface area contributed by atoms with Crippen LogP contribution in [-0.2, 0) is 4.79 Å². The topological polar surface area (TPSA) is 41.5 Å². The van der Waals surface area contributed by atoms with Crippen molar-refractivity contribution >= 4 is 62.3 Å². The van der Waals surface area contributed by atoms with Crippen molar-refractivity contribution in [3.8, 4) is 0 Å². The highest BCUT2D eigenvalue weighted by Gasteiger charge is 2.23. The van der Waals surface area contributed by atoms with Crippen molar-refractivity contribution in [3.63, 3.8) is 0 Å². The van der Waals surface area contributed by atoms with Crippen LogP contribution in [0, 0.1) is 6.92 Å². The Morgan fingerprint density at radius 3 is 2.21 bits per heavy atom. The molecular formula is C23H17BrN2OS2. The number of aliphatic imine (C=N–C) groups is 1. The number of aryl methyl sites for hydroxylation is 1. The molecule has 0 radical (unpaired) electrons. The molecule has 4 rings (SSSR count). The van der Waals surface area contributed by atoms with Gasteiger partial charge in [-0.1, -0.05) is 57.5 Å². The predicted octanol–water partition coefficient (Wildman–Crippen LogP) is 6.80. The Kier molecular flexibility index (Phi) is 6.23. The van der Waals surface area contributed by atoms with Crippen LogP contribution in [0.2, 0.25) is 0 Å². The maximum atomic E-state index is 12.3. The lowest BCUT2D eigenvalue weighted by Crippen LogP contribution is -2.19. The second kappa shape index (κ2) is 9.03. The largest absolute Gasteiger partial charge is 0.300 e. The molecule has 3 nitrogen and oxygen atoms in total. The standard InChI is InChI=1S/C23H17BrN2OS2/c1-15-2-10-19(11-3-15)28-20-12-4-16(5-13-20)14-21-22(27)26-23(29-21)25-18-8-6-17(24)7-9-18/h2-14H,1H3,(H,25,26,27)/b21-14-. The Morgan fingerprint density at radius 2 is 1.55 bits per heavy atom. The van der Waals surface area contributed by atoms with E-state index in [9.17, 15) is 4.79 Å². The van der Waals surface area contributed by atoms with Gasteiger partial charge >= 0.3 is 0 Å². The Labute approximate surface area is 186 Å². The summed E-state index contributed by atoms with van der Waals surface area (Å²) >= 11 is 6.48. The molecule has 0 spiro atoms. The molecule has 1 heterocycles. The van der Waals surface area contributed by atoms with Crippen molar-refractivity contribution in [2.75, 3.05) is 0 Å². The van der Waals surface area contributed by atoms with Crippen LogP contribution in [0.4, 0.5) is 5.69 Å². The van der Waals surface area contributed by atoms with E-state index < -0.39 is 0 Å². The quantitative estimate of drug-likeness (QED) is 0.417. The van der Waals surface area contributed by atoms with Crippen LogP contribution in [0.3, 0.4) is 0 Å². The molecule has 0 saturated carbocycles. The molecule has 3 aromatic carbocycles. The number of amides is 1. The molecule has 1 N–H and O–H groups in total. The Bertz CT molecular complexity index is 1090. The lowest BCUT2D eigenvalue weighted by molar-refractivity contribution is -0.115. The fourth-order valence-corrected chi connectivity index (χ4v) is 4.56. The van der Waals surface area contributed by atoms with Crippen molar-refractivity contribution in [1.29, 1.82) is 0 Å². The first-order valence-electron chi connectivity index (χ1n) is 8.95. The van der Waals surface area contributed by atoms with E-state index in [2.05, 4.69) is 69.6 Å². The highest BCUT2D eigenvalue weighted by atomic mass is 79.9. The molecule has 144 valence electrons. The van der Waals surface area contributed by atoms with E-state index in [-0.39, 0.29) is 5.91 Å². The summed E-state index contributed by atoms with van der Waals surface area (Å²) in [5.74, 6) is -0.121. The summed E-state index contributed by atoms with van der Waals surface area (Å²) in [6, 6.07) is 24.3. The van der Waals surface area contributed by atoms with Gasteiger partial charge in [0.1, 0.15) is 0 Å². The first-order valence-corrected chi connectivity index (χ1v) is 11.4. The number of thioether (sulfide) groups is 1. The highest BCUT2D eigenvalue weighted by Crippen LogP contribution is 2.31. The van der Waals surface area contributed by atoms with Gasteiger partial charge in [0.2, 0.25) is 0 Å². The molecule has 1 fully saturated rings. The van der Waals surface area contributed by atoms with E-state index in [1.165, 1.54) is 22.2 Å². The summed E-state index contributed by atoms with van der Waals surface area (Å²) in [5, 5.41) is 3.42. The van der Waals surface area contributed by atoms with Crippen LogP contribution >= 0.6 is 39.5 Å². The van der Waals surface area contributed by atoms with Crippen molar-refractivity contribution in [3.05, 3.63) is 93.3 Å². The molecule has 0 aliphatic carbocycles. The first kappa shape index (κ1) is 20.0. The fourth-order valence-electron chi connectivity index (χ4n) is 2.64. The first-order chi connectivity index (χ1) is 14.0. The number of rotatable bonds is 4. The van der Waals surface area contributed by atoms with Crippen LogP contribution in [0.5, 0.6) is 0 Å². The van der Waals surface area contributed by atoms with Gasteiger partial charge in [0.05, 0.1) is 10.6 Å². The third kappa shape index (κ3) is 5.41. The molecule has 1 aliphatic heterocycles. The van der Waals surface area contributed by atoms with Crippen LogP contribution in [-0.4, -0.2) is 11.1 Å². The predicted molar refractivity (Wildman–Crippen MR) is 127 cm³/mol. The van der Waals surface area contributed by atoms with E-state index in [0.717, 1.165) is 20.6 Å². The number of amidine groups is 1. The van der Waals surface area contributed by atoms with Crippen LogP contribution < -0.4 is 5.32 Å². The van der Waals surface area contributed by atoms with E-state index in [0.29, 0.717) is 10.1 Å². The molecule has 29 heavy (non-hydrogen) atoms. The van der Waals surface area contributed by atoms with Crippen molar-refractivity contribution in [2.45, 2.75) is 16.7 Å². The van der Waals surface area contributed by atoms with Crippen molar-refractivity contribution in [1.82, 2.24) is 5.32 Å². The van der Waals surface area contributed by atoms with Crippen LogP contribution in [0.1, 0.15) is 11.1 Å². The van der Waals surface area contributed by atoms with E-state index in [4.69, 9.17) is 0 Å². The Morgan fingerprint density at radius 1 is 0.931 bits per heavy atom. The minimum absolute atomic E-state index is 0.121. The number of hydrogen-bond acceptors (Lipinski definition) is 4. The molecule has 3 aromatic rings. The molecule has 6 heteroatoms. The number of benzene rings is 3. The minimum Gasteiger partial charge on any atom is -0.300 e. The normalized spacial score (nSPS) is 16.4. The van der Waals surface area contributed by atoms with Crippen molar-refractivity contribution in [2.24, 2.45) is 4.99 Å². The van der Waals surface area contributed by atoms with Crippen LogP contribution in [0.15, 0.2) is 97.0 Å². The number of nitrogens with zero attached hydrogens (tertiary/aromatic N) is 1. The monoisotopic (exact) mass is 480 g/mol. The van der Waals surface area contributed by atoms with Gasteiger partial charge in [0.15, 0.2) is 5.17 Å². The molecule has 1 saturated heterocycles. The molecule has 0 bridgehead atoms. The molecular weight excluding hydrogens is 464 g/mol. The lowest BCUT2D eigenvalue weighted by atomic mass is 10.2. The second-order valence-electron chi connectivity index (χ2n) is 6.44.